The van der Waals surface area contributed by atoms with Crippen LogP contribution in [0, 0.1) is 11.8 Å². The molecule has 1 saturated heterocycles. The minimum absolute atomic E-state index is 0.274. The van der Waals surface area contributed by atoms with E-state index in [0.29, 0.717) is 25.3 Å². The number of nitrogens with zero attached hydrogens (tertiary/aromatic N) is 2. The molecule has 4 rings (SSSR count). The van der Waals surface area contributed by atoms with Crippen molar-refractivity contribution in [2.45, 2.75) is 129 Å². The molecule has 1 amide bonds. The van der Waals surface area contributed by atoms with Crippen LogP contribution in [0.3, 0.4) is 0 Å². The molecule has 1 aliphatic carbocycles. The quantitative estimate of drug-likeness (QED) is 0.254. The van der Waals surface area contributed by atoms with Gasteiger partial charge >= 0.3 is 6.09 Å². The number of ether oxygens (including phenoxy) is 2. The molecule has 2 aromatic rings. The first-order valence-electron chi connectivity index (χ1n) is 17.1. The zero-order chi connectivity index (χ0) is 33.7. The van der Waals surface area contributed by atoms with Crippen molar-refractivity contribution >= 4 is 16.1 Å². The zero-order valence-electron chi connectivity index (χ0n) is 28.9. The molecule has 256 valence electrons. The molecule has 0 radical (unpaired) electrons. The second kappa shape index (κ2) is 15.2. The molecule has 0 bridgehead atoms. The van der Waals surface area contributed by atoms with Crippen LogP contribution in [0.4, 0.5) is 4.79 Å². The van der Waals surface area contributed by atoms with E-state index in [9.17, 15) is 18.3 Å². The molecule has 2 aromatic carbocycles. The summed E-state index contributed by atoms with van der Waals surface area (Å²) in [5.74, 6) is 0.109. The van der Waals surface area contributed by atoms with E-state index in [1.54, 1.807) is 23.1 Å². The van der Waals surface area contributed by atoms with Gasteiger partial charge in [0.15, 0.2) is 0 Å². The maximum atomic E-state index is 14.6. The van der Waals surface area contributed by atoms with Crippen molar-refractivity contribution in [3.05, 3.63) is 71.8 Å². The number of aliphatic hydroxyl groups excluding tert-OH is 1. The van der Waals surface area contributed by atoms with Gasteiger partial charge in [-0.3, -0.25) is 4.90 Å². The standard InChI is InChI=1S/C37H56N2O6S/c1-27(2)23-24-38(33(29-19-13-9-14-20-29)30-21-15-10-16-22-30)46(42,43)26-32(40)34-31(25-28-17-11-8-12-18-28)39(37(6,7)44-34)35(41)45-36(3,4)5/h9-10,13-16,19-22,27-28,31-34,40H,8,11-12,17-18,23-26H2,1-7H3/t31-,32+,34+/m0/s1. The van der Waals surface area contributed by atoms with E-state index >= 15 is 0 Å². The lowest BCUT2D eigenvalue weighted by molar-refractivity contribution is -0.0996. The Morgan fingerprint density at radius 1 is 1.00 bits per heavy atom. The number of carbonyl (C=O) groups excluding carboxylic acids is 1. The lowest BCUT2D eigenvalue weighted by Crippen LogP contribution is -2.52. The van der Waals surface area contributed by atoms with Gasteiger partial charge < -0.3 is 14.6 Å². The molecule has 3 atom stereocenters. The van der Waals surface area contributed by atoms with E-state index in [1.807, 2.05) is 81.4 Å². The highest BCUT2D eigenvalue weighted by Gasteiger charge is 2.54. The Bertz CT molecular complexity index is 1310. The van der Waals surface area contributed by atoms with Crippen LogP contribution in [0.2, 0.25) is 0 Å². The van der Waals surface area contributed by atoms with Gasteiger partial charge in [0.2, 0.25) is 10.0 Å². The SMILES string of the molecule is CC(C)CCN(C(c1ccccc1)c1ccccc1)S(=O)(=O)C[C@@H](O)[C@@H]1OC(C)(C)N(C(=O)OC(C)(C)C)[C@H]1CC1CCCCC1. The molecule has 2 aliphatic rings. The first-order chi connectivity index (χ1) is 21.6. The Labute approximate surface area is 277 Å². The predicted octanol–water partition coefficient (Wildman–Crippen LogP) is 7.53. The van der Waals surface area contributed by atoms with Crippen LogP contribution >= 0.6 is 0 Å². The second-order valence-corrected chi connectivity index (χ2v) is 17.0. The van der Waals surface area contributed by atoms with Crippen molar-refractivity contribution in [2.24, 2.45) is 11.8 Å². The highest BCUT2D eigenvalue weighted by atomic mass is 32.2. The monoisotopic (exact) mass is 656 g/mol. The fraction of sp³-hybridized carbons (Fsp3) is 0.649. The first kappa shape index (κ1) is 36.4. The van der Waals surface area contributed by atoms with Crippen molar-refractivity contribution < 1.29 is 27.8 Å². The van der Waals surface area contributed by atoms with Gasteiger partial charge in [-0.1, -0.05) is 107 Å². The smallest absolute Gasteiger partial charge is 0.412 e. The summed E-state index contributed by atoms with van der Waals surface area (Å²) < 4.78 is 43.0. The maximum Gasteiger partial charge on any atom is 0.412 e. The van der Waals surface area contributed by atoms with Gasteiger partial charge in [0, 0.05) is 6.54 Å². The third kappa shape index (κ3) is 9.33. The van der Waals surface area contributed by atoms with E-state index in [-0.39, 0.29) is 5.92 Å². The molecule has 0 unspecified atom stereocenters. The predicted molar refractivity (Wildman–Crippen MR) is 183 cm³/mol. The van der Waals surface area contributed by atoms with Crippen LogP contribution in [0.1, 0.15) is 111 Å². The molecule has 8 nitrogen and oxygen atoms in total. The molecular weight excluding hydrogens is 600 g/mol. The van der Waals surface area contributed by atoms with Gasteiger partial charge in [-0.15, -0.1) is 0 Å². The molecule has 1 aliphatic heterocycles. The van der Waals surface area contributed by atoms with Crippen LogP contribution in [-0.2, 0) is 19.5 Å². The maximum absolute atomic E-state index is 14.6. The zero-order valence-corrected chi connectivity index (χ0v) is 29.7. The van der Waals surface area contributed by atoms with Crippen molar-refractivity contribution in [3.63, 3.8) is 0 Å². The van der Waals surface area contributed by atoms with Gasteiger partial charge in [-0.2, -0.15) is 4.31 Å². The molecule has 1 heterocycles. The number of hydrogen-bond donors (Lipinski definition) is 1. The van der Waals surface area contributed by atoms with Gasteiger partial charge in [-0.25, -0.2) is 13.2 Å². The molecule has 1 saturated carbocycles. The van der Waals surface area contributed by atoms with E-state index in [2.05, 4.69) is 13.8 Å². The number of hydrogen-bond acceptors (Lipinski definition) is 6. The fourth-order valence-corrected chi connectivity index (χ4v) is 8.80. The molecule has 0 aromatic heterocycles. The Hall–Kier alpha value is -2.46. The minimum atomic E-state index is -4.04. The van der Waals surface area contributed by atoms with Gasteiger partial charge in [0.25, 0.3) is 0 Å². The largest absolute Gasteiger partial charge is 0.444 e. The number of rotatable bonds is 12. The normalized spacial score (nSPS) is 21.7. The van der Waals surface area contributed by atoms with Crippen molar-refractivity contribution in [1.82, 2.24) is 9.21 Å². The summed E-state index contributed by atoms with van der Waals surface area (Å²) in [6.45, 7) is 13.5. The summed E-state index contributed by atoms with van der Waals surface area (Å²) >= 11 is 0. The van der Waals surface area contributed by atoms with Crippen molar-refractivity contribution in [2.75, 3.05) is 12.3 Å². The third-order valence-corrected chi connectivity index (χ3v) is 11.0. The summed E-state index contributed by atoms with van der Waals surface area (Å²) in [6, 6.07) is 18.2. The topological polar surface area (TPSA) is 96.4 Å². The van der Waals surface area contributed by atoms with Crippen LogP contribution in [0.25, 0.3) is 0 Å². The number of carbonyl (C=O) groups is 1. The molecular formula is C37H56N2O6S. The second-order valence-electron chi connectivity index (χ2n) is 15.0. The highest BCUT2D eigenvalue weighted by Crippen LogP contribution is 2.41. The van der Waals surface area contributed by atoms with Crippen molar-refractivity contribution in [1.29, 1.82) is 0 Å². The van der Waals surface area contributed by atoms with Gasteiger partial charge in [0.05, 0.1) is 23.9 Å². The lowest BCUT2D eigenvalue weighted by Gasteiger charge is -2.37. The lowest BCUT2D eigenvalue weighted by atomic mass is 9.83. The first-order valence-corrected chi connectivity index (χ1v) is 18.7. The third-order valence-electron chi connectivity index (χ3n) is 9.17. The highest BCUT2D eigenvalue weighted by molar-refractivity contribution is 7.89. The Balaban J connectivity index is 1.69. The average Bonchev–Trinajstić information content (AvgIpc) is 3.25. The van der Waals surface area contributed by atoms with Gasteiger partial charge in [0.1, 0.15) is 17.4 Å². The molecule has 0 spiro atoms. The number of amides is 1. The molecule has 2 fully saturated rings. The molecule has 9 heteroatoms. The van der Waals surface area contributed by atoms with E-state index in [1.165, 1.54) is 6.42 Å². The summed E-state index contributed by atoms with van der Waals surface area (Å²) in [5.41, 5.74) is -0.0888. The summed E-state index contributed by atoms with van der Waals surface area (Å²) in [5, 5.41) is 11.9. The van der Waals surface area contributed by atoms with E-state index in [0.717, 1.165) is 36.8 Å². The Morgan fingerprint density at radius 3 is 2.04 bits per heavy atom. The van der Waals surface area contributed by atoms with E-state index in [4.69, 9.17) is 9.47 Å². The molecule has 1 N–H and O–H groups in total. The Kier molecular flexibility index (Phi) is 12.0. The summed E-state index contributed by atoms with van der Waals surface area (Å²) in [7, 11) is -4.04. The van der Waals surface area contributed by atoms with Crippen LogP contribution in [0.15, 0.2) is 60.7 Å². The Morgan fingerprint density at radius 2 is 1.54 bits per heavy atom. The number of aliphatic hydroxyl groups is 1. The fourth-order valence-electron chi connectivity index (χ4n) is 7.04. The average molecular weight is 657 g/mol. The van der Waals surface area contributed by atoms with E-state index < -0.39 is 57.5 Å². The molecule has 46 heavy (non-hydrogen) atoms. The van der Waals surface area contributed by atoms with Crippen molar-refractivity contribution in [3.8, 4) is 0 Å². The van der Waals surface area contributed by atoms with Gasteiger partial charge in [-0.05, 0) is 70.4 Å². The minimum Gasteiger partial charge on any atom is -0.444 e. The summed E-state index contributed by atoms with van der Waals surface area (Å²) in [6.07, 6.45) is 4.05. The number of benzene rings is 2. The summed E-state index contributed by atoms with van der Waals surface area (Å²) in [4.78, 5) is 15.3. The number of sulfonamides is 1. The van der Waals surface area contributed by atoms with Crippen LogP contribution in [-0.4, -0.2) is 70.7 Å². The van der Waals surface area contributed by atoms with Crippen LogP contribution < -0.4 is 0 Å². The van der Waals surface area contributed by atoms with Crippen LogP contribution in [0.5, 0.6) is 0 Å².